The van der Waals surface area contributed by atoms with Crippen LogP contribution in [0, 0.1) is 28.6 Å². The maximum atomic E-state index is 13.6. The zero-order chi connectivity index (χ0) is 37.5. The fourth-order valence-corrected chi connectivity index (χ4v) is 4.43. The molecule has 274 valence electrons. The van der Waals surface area contributed by atoms with Crippen LogP contribution >= 0.6 is 0 Å². The summed E-state index contributed by atoms with van der Waals surface area (Å²) in [5.41, 5.74) is -1.91. The third-order valence-electron chi connectivity index (χ3n) is 7.62. The van der Waals surface area contributed by atoms with E-state index in [4.69, 9.17) is 23.7 Å². The van der Waals surface area contributed by atoms with Crippen molar-refractivity contribution in [2.24, 2.45) is 21.7 Å². The SMILES string of the molecule is Cc1ccc([C@H](C/C=C/C=O)N[C@@H]2O[C@H](COC(=O)C(C)(C)C)[C@H](OC(=O)C(C)(C)C)[C@H](OC(=O)C(C)(C)C)[C@H]2OC(=O)C(C)(C)C)cc1. The van der Waals surface area contributed by atoms with Crippen LogP contribution in [0.1, 0.15) is 107 Å². The highest BCUT2D eigenvalue weighted by atomic mass is 16.7. The summed E-state index contributed by atoms with van der Waals surface area (Å²) in [6.45, 7) is 21.8. The van der Waals surface area contributed by atoms with Crippen LogP contribution in [0.2, 0.25) is 0 Å². The van der Waals surface area contributed by atoms with Crippen molar-refractivity contribution >= 4 is 30.2 Å². The van der Waals surface area contributed by atoms with E-state index < -0.39 is 82.2 Å². The van der Waals surface area contributed by atoms with Gasteiger partial charge in [-0.05, 0) is 108 Å². The summed E-state index contributed by atoms with van der Waals surface area (Å²) < 4.78 is 30.5. The summed E-state index contributed by atoms with van der Waals surface area (Å²) >= 11 is 0. The molecule has 2 rings (SSSR count). The van der Waals surface area contributed by atoms with Crippen LogP contribution in [-0.2, 0) is 47.7 Å². The molecule has 6 atom stereocenters. The predicted molar refractivity (Wildman–Crippen MR) is 184 cm³/mol. The van der Waals surface area contributed by atoms with Crippen LogP contribution in [0.5, 0.6) is 0 Å². The number of carbonyl (C=O) groups is 5. The summed E-state index contributed by atoms with van der Waals surface area (Å²) in [5.74, 6) is -2.41. The number of carbonyl (C=O) groups excluding carboxylic acids is 5. The minimum absolute atomic E-state index is 0.333. The molecule has 1 aliphatic rings. The minimum Gasteiger partial charge on any atom is -0.462 e. The summed E-state index contributed by atoms with van der Waals surface area (Å²) in [6, 6.07) is 7.25. The molecule has 0 spiro atoms. The number of hydrogen-bond donors (Lipinski definition) is 1. The highest BCUT2D eigenvalue weighted by molar-refractivity contribution is 5.78. The fourth-order valence-electron chi connectivity index (χ4n) is 4.43. The van der Waals surface area contributed by atoms with Gasteiger partial charge < -0.3 is 23.7 Å². The van der Waals surface area contributed by atoms with E-state index in [1.165, 1.54) is 6.08 Å². The maximum Gasteiger partial charge on any atom is 0.311 e. The van der Waals surface area contributed by atoms with Gasteiger partial charge in [-0.1, -0.05) is 35.9 Å². The number of aryl methyl sites for hydroxylation is 1. The van der Waals surface area contributed by atoms with Gasteiger partial charge in [0.15, 0.2) is 24.5 Å². The molecule has 49 heavy (non-hydrogen) atoms. The van der Waals surface area contributed by atoms with Gasteiger partial charge in [-0.2, -0.15) is 0 Å². The summed E-state index contributed by atoms with van der Waals surface area (Å²) in [4.78, 5) is 64.6. The number of esters is 4. The second kappa shape index (κ2) is 16.4. The molecule has 0 aromatic heterocycles. The lowest BCUT2D eigenvalue weighted by molar-refractivity contribution is -0.266. The number of allylic oxidation sites excluding steroid dienone is 1. The van der Waals surface area contributed by atoms with E-state index in [0.717, 1.165) is 11.1 Å². The van der Waals surface area contributed by atoms with Gasteiger partial charge in [0.05, 0.1) is 21.7 Å². The summed E-state index contributed by atoms with van der Waals surface area (Å²) in [5, 5.41) is 3.41. The number of aldehydes is 1. The topological polar surface area (TPSA) is 144 Å². The summed E-state index contributed by atoms with van der Waals surface area (Å²) in [7, 11) is 0. The van der Waals surface area contributed by atoms with Crippen molar-refractivity contribution in [3.63, 3.8) is 0 Å². The van der Waals surface area contributed by atoms with Crippen molar-refractivity contribution < 1.29 is 47.7 Å². The quantitative estimate of drug-likeness (QED) is 0.127. The van der Waals surface area contributed by atoms with Gasteiger partial charge in [-0.15, -0.1) is 0 Å². The molecule has 0 radical (unpaired) electrons. The lowest BCUT2D eigenvalue weighted by Crippen LogP contribution is -2.66. The molecular weight excluding hydrogens is 630 g/mol. The van der Waals surface area contributed by atoms with Crippen molar-refractivity contribution in [1.29, 1.82) is 0 Å². The average Bonchev–Trinajstić information content (AvgIpc) is 2.96. The first kappa shape index (κ1) is 41.6. The molecule has 1 heterocycles. The van der Waals surface area contributed by atoms with Crippen molar-refractivity contribution in [2.45, 2.75) is 133 Å². The van der Waals surface area contributed by atoms with Crippen LogP contribution in [-0.4, -0.2) is 67.4 Å². The Morgan fingerprint density at radius 2 is 1.16 bits per heavy atom. The van der Waals surface area contributed by atoms with Gasteiger partial charge in [0.25, 0.3) is 0 Å². The van der Waals surface area contributed by atoms with E-state index in [9.17, 15) is 24.0 Å². The van der Waals surface area contributed by atoms with Gasteiger partial charge in [0.1, 0.15) is 19.0 Å². The first-order valence-corrected chi connectivity index (χ1v) is 16.7. The number of hydrogen-bond acceptors (Lipinski definition) is 11. The number of benzene rings is 1. The first-order valence-electron chi connectivity index (χ1n) is 16.7. The Balaban J connectivity index is 2.81. The third kappa shape index (κ3) is 12.4. The predicted octanol–water partition coefficient (Wildman–Crippen LogP) is 5.96. The molecule has 1 fully saturated rings. The molecule has 0 unspecified atom stereocenters. The van der Waals surface area contributed by atoms with E-state index in [1.54, 1.807) is 89.2 Å². The highest BCUT2D eigenvalue weighted by Crippen LogP contribution is 2.35. The number of rotatable bonds is 11. The van der Waals surface area contributed by atoms with Crippen molar-refractivity contribution in [3.8, 4) is 0 Å². The zero-order valence-corrected chi connectivity index (χ0v) is 31.5. The maximum absolute atomic E-state index is 13.6. The van der Waals surface area contributed by atoms with Gasteiger partial charge >= 0.3 is 23.9 Å². The Kier molecular flexibility index (Phi) is 13.9. The Morgan fingerprint density at radius 1 is 0.714 bits per heavy atom. The van der Waals surface area contributed by atoms with Crippen molar-refractivity contribution in [2.75, 3.05) is 6.61 Å². The molecule has 1 aliphatic heterocycles. The Labute approximate surface area is 291 Å². The molecule has 0 amide bonds. The molecule has 1 aromatic carbocycles. The van der Waals surface area contributed by atoms with Crippen LogP contribution in [0.4, 0.5) is 0 Å². The minimum atomic E-state index is -1.38. The Bertz CT molecular complexity index is 1340. The molecule has 11 heteroatoms. The van der Waals surface area contributed by atoms with E-state index in [-0.39, 0.29) is 6.61 Å². The van der Waals surface area contributed by atoms with Crippen LogP contribution in [0.25, 0.3) is 0 Å². The molecule has 1 aromatic rings. The molecular formula is C38H57NO10. The van der Waals surface area contributed by atoms with Crippen molar-refractivity contribution in [1.82, 2.24) is 5.32 Å². The van der Waals surface area contributed by atoms with Crippen molar-refractivity contribution in [3.05, 3.63) is 47.5 Å². The smallest absolute Gasteiger partial charge is 0.311 e. The van der Waals surface area contributed by atoms with Gasteiger partial charge in [-0.3, -0.25) is 29.3 Å². The monoisotopic (exact) mass is 687 g/mol. The molecule has 11 nitrogen and oxygen atoms in total. The summed E-state index contributed by atoms with van der Waals surface area (Å²) in [6.07, 6.45) is -2.28. The Hall–Kier alpha value is -3.57. The molecule has 0 aliphatic carbocycles. The molecule has 1 N–H and O–H groups in total. The standard InChI is InChI=1S/C38H57NO10/c1-23-17-19-24(20-18-23)25(16-14-15-21-40)39-30-29(49-34(44)38(11,12)13)28(48-33(43)37(8,9)10)27(47-32(42)36(5,6)7)26(46-30)22-45-31(41)35(2,3)4/h14-15,17-21,25-30,39H,16,22H2,1-13H3/b15-14+/t25-,26+,27-,28-,29+,30+/m0/s1. The van der Waals surface area contributed by atoms with Gasteiger partial charge in [0, 0.05) is 6.04 Å². The largest absolute Gasteiger partial charge is 0.462 e. The van der Waals surface area contributed by atoms with E-state index in [0.29, 0.717) is 12.7 Å². The number of nitrogens with one attached hydrogen (secondary N) is 1. The second-order valence-corrected chi connectivity index (χ2v) is 16.7. The highest BCUT2D eigenvalue weighted by Gasteiger charge is 2.55. The Morgan fingerprint density at radius 3 is 1.61 bits per heavy atom. The van der Waals surface area contributed by atoms with Gasteiger partial charge in [0.2, 0.25) is 0 Å². The van der Waals surface area contributed by atoms with Crippen LogP contribution < -0.4 is 5.32 Å². The zero-order valence-electron chi connectivity index (χ0n) is 31.5. The third-order valence-corrected chi connectivity index (χ3v) is 7.62. The van der Waals surface area contributed by atoms with Gasteiger partial charge in [-0.25, -0.2) is 0 Å². The fraction of sp³-hybridized carbons (Fsp3) is 0.658. The van der Waals surface area contributed by atoms with Crippen LogP contribution in [0.3, 0.4) is 0 Å². The lowest BCUT2D eigenvalue weighted by Gasteiger charge is -2.47. The van der Waals surface area contributed by atoms with E-state index >= 15 is 0 Å². The lowest BCUT2D eigenvalue weighted by atomic mass is 9.92. The average molecular weight is 688 g/mol. The molecule has 0 bridgehead atoms. The normalized spacial score (nSPS) is 22.6. The molecule has 1 saturated heterocycles. The van der Waals surface area contributed by atoms with E-state index in [2.05, 4.69) is 5.32 Å². The number of ether oxygens (including phenoxy) is 5. The first-order chi connectivity index (χ1) is 22.4. The van der Waals surface area contributed by atoms with E-state index in [1.807, 2.05) is 31.2 Å². The molecule has 0 saturated carbocycles. The van der Waals surface area contributed by atoms with Crippen LogP contribution in [0.15, 0.2) is 36.4 Å². The second-order valence-electron chi connectivity index (χ2n) is 16.7.